The number of fused-ring (bicyclic) bond motifs is 1. The van der Waals surface area contributed by atoms with E-state index in [-0.39, 0.29) is 4.90 Å². The van der Waals surface area contributed by atoms with Crippen molar-refractivity contribution in [3.8, 4) is 6.07 Å². The van der Waals surface area contributed by atoms with Crippen LogP contribution in [0.3, 0.4) is 0 Å². The van der Waals surface area contributed by atoms with Crippen LogP contribution < -0.4 is 4.31 Å². The zero-order valence-corrected chi connectivity index (χ0v) is 13.1. The van der Waals surface area contributed by atoms with Crippen molar-refractivity contribution < 1.29 is 8.42 Å². The lowest BCUT2D eigenvalue weighted by Gasteiger charge is -2.30. The minimum Gasteiger partial charge on any atom is -0.266 e. The van der Waals surface area contributed by atoms with Gasteiger partial charge in [0.1, 0.15) is 0 Å². The van der Waals surface area contributed by atoms with Gasteiger partial charge in [-0.25, -0.2) is 8.42 Å². The minimum absolute atomic E-state index is 0.167. The molecule has 0 N–H and O–H groups in total. The molecule has 3 rings (SSSR count). The molecule has 4 nitrogen and oxygen atoms in total. The van der Waals surface area contributed by atoms with Gasteiger partial charge in [-0.3, -0.25) is 4.31 Å². The third-order valence-electron chi connectivity index (χ3n) is 3.86. The highest BCUT2D eigenvalue weighted by molar-refractivity contribution is 7.92. The van der Waals surface area contributed by atoms with Crippen LogP contribution in [0.4, 0.5) is 5.69 Å². The second kappa shape index (κ2) is 5.47. The van der Waals surface area contributed by atoms with Gasteiger partial charge in [0.25, 0.3) is 10.0 Å². The Morgan fingerprint density at radius 1 is 1.18 bits per heavy atom. The summed E-state index contributed by atoms with van der Waals surface area (Å²) in [4.78, 5) is 0.167. The van der Waals surface area contributed by atoms with Crippen molar-refractivity contribution >= 4 is 15.7 Å². The highest BCUT2D eigenvalue weighted by Gasteiger charge is 2.29. The number of anilines is 1. The molecular weight excluding hydrogens is 296 g/mol. The predicted octanol–water partition coefficient (Wildman–Crippen LogP) is 3.01. The third-order valence-corrected chi connectivity index (χ3v) is 5.67. The molecule has 1 aliphatic rings. The second-order valence-electron chi connectivity index (χ2n) is 5.45. The Bertz CT molecular complexity index is 866. The minimum atomic E-state index is -3.64. The number of hydrogen-bond acceptors (Lipinski definition) is 3. The fourth-order valence-corrected chi connectivity index (χ4v) is 4.38. The van der Waals surface area contributed by atoms with Gasteiger partial charge in [-0.1, -0.05) is 23.8 Å². The van der Waals surface area contributed by atoms with Crippen molar-refractivity contribution in [3.05, 3.63) is 59.2 Å². The topological polar surface area (TPSA) is 61.2 Å². The summed E-state index contributed by atoms with van der Waals surface area (Å²) in [6.07, 6.45) is 1.69. The van der Waals surface area contributed by atoms with E-state index in [9.17, 15) is 8.42 Å². The van der Waals surface area contributed by atoms with Gasteiger partial charge in [-0.15, -0.1) is 0 Å². The van der Waals surface area contributed by atoms with E-state index in [4.69, 9.17) is 5.26 Å². The number of rotatable bonds is 2. The molecule has 0 spiro atoms. The summed E-state index contributed by atoms with van der Waals surface area (Å²) < 4.78 is 27.3. The quantitative estimate of drug-likeness (QED) is 0.856. The molecule has 112 valence electrons. The van der Waals surface area contributed by atoms with E-state index in [1.807, 2.05) is 31.2 Å². The van der Waals surface area contributed by atoms with Gasteiger partial charge >= 0.3 is 0 Å². The molecule has 0 saturated heterocycles. The molecule has 0 unspecified atom stereocenters. The molecule has 0 saturated carbocycles. The summed E-state index contributed by atoms with van der Waals surface area (Å²) in [7, 11) is -3.64. The molecule has 0 aliphatic carbocycles. The van der Waals surface area contributed by atoms with E-state index in [2.05, 4.69) is 0 Å². The average Bonchev–Trinajstić information content (AvgIpc) is 2.54. The van der Waals surface area contributed by atoms with Crippen LogP contribution in [-0.4, -0.2) is 15.0 Å². The normalized spacial score (nSPS) is 14.3. The Kier molecular flexibility index (Phi) is 3.63. The van der Waals surface area contributed by atoms with Crippen molar-refractivity contribution in [1.82, 2.24) is 0 Å². The molecular formula is C17H16N2O2S. The lowest BCUT2D eigenvalue weighted by Crippen LogP contribution is -2.35. The van der Waals surface area contributed by atoms with Crippen LogP contribution in [0.1, 0.15) is 23.1 Å². The first kappa shape index (κ1) is 14.6. The highest BCUT2D eigenvalue weighted by atomic mass is 32.2. The number of benzene rings is 2. The molecule has 1 heterocycles. The van der Waals surface area contributed by atoms with Gasteiger partial charge in [0.15, 0.2) is 0 Å². The molecule has 0 amide bonds. The first-order valence-electron chi connectivity index (χ1n) is 7.15. The molecule has 1 aliphatic heterocycles. The third kappa shape index (κ3) is 2.46. The maximum atomic E-state index is 12.9. The van der Waals surface area contributed by atoms with Gasteiger partial charge in [0.2, 0.25) is 0 Å². The molecule has 0 bridgehead atoms. The van der Waals surface area contributed by atoms with Crippen molar-refractivity contribution in [2.45, 2.75) is 24.7 Å². The summed E-state index contributed by atoms with van der Waals surface area (Å²) in [6, 6.07) is 14.0. The van der Waals surface area contributed by atoms with Gasteiger partial charge in [0.05, 0.1) is 22.2 Å². The summed E-state index contributed by atoms with van der Waals surface area (Å²) in [6.45, 7) is 2.47. The lowest BCUT2D eigenvalue weighted by molar-refractivity contribution is 0.586. The molecule has 0 radical (unpaired) electrons. The van der Waals surface area contributed by atoms with Crippen LogP contribution in [0.5, 0.6) is 0 Å². The zero-order chi connectivity index (χ0) is 15.7. The largest absolute Gasteiger partial charge is 0.266 e. The van der Waals surface area contributed by atoms with Crippen molar-refractivity contribution in [2.24, 2.45) is 0 Å². The summed E-state index contributed by atoms with van der Waals surface area (Å²) in [5.74, 6) is 0. The average molecular weight is 312 g/mol. The Balaban J connectivity index is 2.10. The number of sulfonamides is 1. The number of hydrogen-bond donors (Lipinski definition) is 0. The van der Waals surface area contributed by atoms with Gasteiger partial charge < -0.3 is 0 Å². The van der Waals surface area contributed by atoms with E-state index in [0.717, 1.165) is 29.7 Å². The Hall–Kier alpha value is -2.32. The van der Waals surface area contributed by atoms with E-state index in [1.54, 1.807) is 18.2 Å². The number of nitrogens with zero attached hydrogens (tertiary/aromatic N) is 2. The van der Waals surface area contributed by atoms with Crippen LogP contribution >= 0.6 is 0 Å². The first-order chi connectivity index (χ1) is 10.5. The van der Waals surface area contributed by atoms with Crippen molar-refractivity contribution in [1.29, 1.82) is 5.26 Å². The second-order valence-corrected chi connectivity index (χ2v) is 7.31. The molecule has 22 heavy (non-hydrogen) atoms. The van der Waals surface area contributed by atoms with Crippen molar-refractivity contribution in [2.75, 3.05) is 10.8 Å². The van der Waals surface area contributed by atoms with Gasteiger partial charge in [-0.05, 0) is 49.6 Å². The van der Waals surface area contributed by atoms with E-state index in [1.165, 1.54) is 10.4 Å². The first-order valence-corrected chi connectivity index (χ1v) is 8.59. The monoisotopic (exact) mass is 312 g/mol. The molecule has 0 aromatic heterocycles. The summed E-state index contributed by atoms with van der Waals surface area (Å²) in [5.41, 5.74) is 3.29. The molecule has 5 heteroatoms. The summed E-state index contributed by atoms with van der Waals surface area (Å²) in [5, 5.41) is 8.97. The smallest absolute Gasteiger partial charge is 0.264 e. The van der Waals surface area contributed by atoms with Crippen LogP contribution in [0, 0.1) is 18.3 Å². The Morgan fingerprint density at radius 3 is 2.77 bits per heavy atom. The number of nitriles is 1. The highest BCUT2D eigenvalue weighted by Crippen LogP contribution is 2.32. The van der Waals surface area contributed by atoms with Crippen LogP contribution in [0.2, 0.25) is 0 Å². The van der Waals surface area contributed by atoms with Crippen LogP contribution in [0.15, 0.2) is 47.4 Å². The Morgan fingerprint density at radius 2 is 2.00 bits per heavy atom. The molecule has 2 aromatic carbocycles. The maximum Gasteiger partial charge on any atom is 0.264 e. The fraction of sp³-hybridized carbons (Fsp3) is 0.235. The van der Waals surface area contributed by atoms with E-state index >= 15 is 0 Å². The molecule has 0 fully saturated rings. The predicted molar refractivity (Wildman–Crippen MR) is 85.2 cm³/mol. The van der Waals surface area contributed by atoms with Crippen LogP contribution in [0.25, 0.3) is 0 Å². The number of aryl methyl sites for hydroxylation is 2. The SMILES string of the molecule is Cc1ccc2c(c1)CCCN2S(=O)(=O)c1cccc(C#N)c1. The molecule has 2 aromatic rings. The standard InChI is InChI=1S/C17H16N2O2S/c1-13-7-8-17-15(10-13)5-3-9-19(17)22(20,21)16-6-2-4-14(11-16)12-18/h2,4,6-8,10-11H,3,5,9H2,1H3. The fourth-order valence-electron chi connectivity index (χ4n) is 2.79. The molecule has 0 atom stereocenters. The summed E-state index contributed by atoms with van der Waals surface area (Å²) >= 11 is 0. The zero-order valence-electron chi connectivity index (χ0n) is 12.3. The Labute approximate surface area is 130 Å². The lowest BCUT2D eigenvalue weighted by atomic mass is 10.0. The maximum absolute atomic E-state index is 12.9. The van der Waals surface area contributed by atoms with Crippen LogP contribution in [-0.2, 0) is 16.4 Å². The van der Waals surface area contributed by atoms with Gasteiger partial charge in [0, 0.05) is 6.54 Å². The van der Waals surface area contributed by atoms with Crippen molar-refractivity contribution in [3.63, 3.8) is 0 Å². The van der Waals surface area contributed by atoms with E-state index in [0.29, 0.717) is 12.1 Å². The van der Waals surface area contributed by atoms with Gasteiger partial charge in [-0.2, -0.15) is 5.26 Å². The van der Waals surface area contributed by atoms with E-state index < -0.39 is 10.0 Å².